The van der Waals surface area contributed by atoms with Gasteiger partial charge in [-0.15, -0.1) is 11.3 Å². The molecule has 0 radical (unpaired) electrons. The second kappa shape index (κ2) is 6.83. The number of carbonyl (C=O) groups is 1. The maximum atomic E-state index is 12.1. The Morgan fingerprint density at radius 3 is 2.77 bits per heavy atom. The number of rotatable bonds is 4. The lowest BCUT2D eigenvalue weighted by molar-refractivity contribution is -0.113. The van der Waals surface area contributed by atoms with Crippen LogP contribution in [-0.4, -0.2) is 21.6 Å². The lowest BCUT2D eigenvalue weighted by Gasteiger charge is -2.08. The zero-order chi connectivity index (χ0) is 15.5. The summed E-state index contributed by atoms with van der Waals surface area (Å²) in [7, 11) is 0. The van der Waals surface area contributed by atoms with Gasteiger partial charge in [-0.2, -0.15) is 0 Å². The summed E-state index contributed by atoms with van der Waals surface area (Å²) in [6.45, 7) is 0. The molecular weight excluding hydrogens is 361 g/mol. The smallest absolute Gasteiger partial charge is 0.234 e. The Morgan fingerprint density at radius 1 is 1.23 bits per heavy atom. The second-order valence-electron chi connectivity index (χ2n) is 4.25. The van der Waals surface area contributed by atoms with E-state index in [1.54, 1.807) is 29.5 Å². The van der Waals surface area contributed by atoms with Crippen molar-refractivity contribution in [2.24, 2.45) is 0 Å². The Labute approximate surface area is 144 Å². The van der Waals surface area contributed by atoms with Gasteiger partial charge in [0.2, 0.25) is 5.91 Å². The van der Waals surface area contributed by atoms with Crippen molar-refractivity contribution in [1.82, 2.24) is 9.97 Å². The number of nitrogens with one attached hydrogen (secondary N) is 1. The lowest BCUT2D eigenvalue weighted by Crippen LogP contribution is -2.14. The molecule has 0 aliphatic carbocycles. The van der Waals surface area contributed by atoms with Crippen molar-refractivity contribution in [3.63, 3.8) is 0 Å². The summed E-state index contributed by atoms with van der Waals surface area (Å²) in [4.78, 5) is 21.4. The molecule has 4 nitrogen and oxygen atoms in total. The molecule has 112 valence electrons. The summed E-state index contributed by atoms with van der Waals surface area (Å²) in [5.74, 6) is 0.0192. The fourth-order valence-electron chi connectivity index (χ4n) is 1.81. The minimum absolute atomic E-state index is 0.193. The van der Waals surface area contributed by atoms with Gasteiger partial charge in [0.15, 0.2) is 0 Å². The highest BCUT2D eigenvalue weighted by Gasteiger charge is 2.12. The molecule has 1 N–H and O–H groups in total. The Kier molecular flexibility index (Phi) is 4.83. The highest BCUT2D eigenvalue weighted by Crippen LogP contribution is 2.31. The molecule has 0 aliphatic rings. The van der Waals surface area contributed by atoms with Gasteiger partial charge in [0, 0.05) is 5.39 Å². The van der Waals surface area contributed by atoms with E-state index >= 15 is 0 Å². The number of carbonyl (C=O) groups excluding carboxylic acids is 1. The van der Waals surface area contributed by atoms with Gasteiger partial charge in [-0.1, -0.05) is 41.0 Å². The van der Waals surface area contributed by atoms with E-state index < -0.39 is 0 Å². The summed E-state index contributed by atoms with van der Waals surface area (Å²) >= 11 is 15.0. The molecule has 3 aromatic rings. The van der Waals surface area contributed by atoms with Gasteiger partial charge in [-0.3, -0.25) is 4.79 Å². The monoisotopic (exact) mass is 369 g/mol. The molecule has 3 rings (SSSR count). The van der Waals surface area contributed by atoms with Gasteiger partial charge in [0.25, 0.3) is 0 Å². The van der Waals surface area contributed by atoms with E-state index in [4.69, 9.17) is 23.2 Å². The van der Waals surface area contributed by atoms with Gasteiger partial charge in [-0.25, -0.2) is 9.97 Å². The van der Waals surface area contributed by atoms with E-state index in [-0.39, 0.29) is 11.7 Å². The maximum absolute atomic E-state index is 12.1. The number of thiophene rings is 1. The van der Waals surface area contributed by atoms with E-state index in [0.29, 0.717) is 15.7 Å². The third-order valence-electron chi connectivity index (χ3n) is 2.79. The molecule has 2 aromatic heterocycles. The zero-order valence-corrected chi connectivity index (χ0v) is 14.2. The molecule has 0 fully saturated rings. The number of fused-ring (bicyclic) bond motifs is 1. The molecule has 0 saturated heterocycles. The third-order valence-corrected chi connectivity index (χ3v) is 5.25. The number of thioether (sulfide) groups is 1. The van der Waals surface area contributed by atoms with E-state index in [1.165, 1.54) is 18.1 Å². The van der Waals surface area contributed by atoms with Crippen molar-refractivity contribution in [2.75, 3.05) is 11.1 Å². The highest BCUT2D eigenvalue weighted by molar-refractivity contribution is 8.00. The number of hydrogen-bond donors (Lipinski definition) is 1. The van der Waals surface area contributed by atoms with Crippen LogP contribution in [0, 0.1) is 0 Å². The van der Waals surface area contributed by atoms with Crippen molar-refractivity contribution in [2.45, 2.75) is 5.03 Å². The normalized spacial score (nSPS) is 10.8. The predicted molar refractivity (Wildman–Crippen MR) is 93.2 cm³/mol. The quantitative estimate of drug-likeness (QED) is 0.533. The Morgan fingerprint density at radius 2 is 2.00 bits per heavy atom. The van der Waals surface area contributed by atoms with E-state index in [9.17, 15) is 4.79 Å². The number of nitrogens with zero attached hydrogens (tertiary/aromatic N) is 2. The lowest BCUT2D eigenvalue weighted by atomic mass is 10.3. The largest absolute Gasteiger partial charge is 0.323 e. The summed E-state index contributed by atoms with van der Waals surface area (Å²) in [6, 6.07) is 7.03. The Hall–Kier alpha value is -1.34. The van der Waals surface area contributed by atoms with Crippen LogP contribution in [-0.2, 0) is 4.79 Å². The van der Waals surface area contributed by atoms with Gasteiger partial charge in [-0.05, 0) is 23.6 Å². The average molecular weight is 370 g/mol. The van der Waals surface area contributed by atoms with Crippen LogP contribution in [0.5, 0.6) is 0 Å². The minimum atomic E-state index is -0.193. The number of aromatic nitrogens is 2. The first kappa shape index (κ1) is 15.6. The van der Waals surface area contributed by atoms with Crippen LogP contribution >= 0.6 is 46.3 Å². The molecule has 0 saturated carbocycles. The topological polar surface area (TPSA) is 54.9 Å². The molecule has 0 bridgehead atoms. The molecule has 0 aliphatic heterocycles. The van der Waals surface area contributed by atoms with Gasteiger partial charge in [0.05, 0.1) is 21.5 Å². The highest BCUT2D eigenvalue weighted by atomic mass is 35.5. The van der Waals surface area contributed by atoms with Crippen molar-refractivity contribution >= 4 is 68.1 Å². The average Bonchev–Trinajstić information content (AvgIpc) is 2.98. The van der Waals surface area contributed by atoms with Crippen molar-refractivity contribution in [3.8, 4) is 0 Å². The first-order valence-corrected chi connectivity index (χ1v) is 8.82. The van der Waals surface area contributed by atoms with Crippen LogP contribution < -0.4 is 5.32 Å². The SMILES string of the molecule is O=C(CSc1ncnc2sccc12)Nc1c(Cl)cccc1Cl. The van der Waals surface area contributed by atoms with E-state index in [2.05, 4.69) is 15.3 Å². The molecule has 1 amide bonds. The number of benzene rings is 1. The van der Waals surface area contributed by atoms with Crippen LogP contribution in [0.15, 0.2) is 41.0 Å². The molecular formula is C14H9Cl2N3OS2. The predicted octanol–water partition coefficient (Wildman–Crippen LogP) is 4.73. The van der Waals surface area contributed by atoms with Gasteiger partial charge >= 0.3 is 0 Å². The molecule has 2 heterocycles. The standard InChI is InChI=1S/C14H9Cl2N3OS2/c15-9-2-1-3-10(16)12(9)19-11(20)6-22-14-8-4-5-21-13(8)17-7-18-14/h1-5,7H,6H2,(H,19,20). The third kappa shape index (κ3) is 3.35. The molecule has 22 heavy (non-hydrogen) atoms. The fourth-order valence-corrected chi connectivity index (χ4v) is 3.88. The molecule has 0 atom stereocenters. The number of para-hydroxylation sites is 1. The fraction of sp³-hybridized carbons (Fsp3) is 0.0714. The van der Waals surface area contributed by atoms with Crippen molar-refractivity contribution < 1.29 is 4.79 Å². The number of anilines is 1. The van der Waals surface area contributed by atoms with Crippen molar-refractivity contribution in [3.05, 3.63) is 46.0 Å². The summed E-state index contributed by atoms with van der Waals surface area (Å²) in [5.41, 5.74) is 0.430. The van der Waals surface area contributed by atoms with Crippen LogP contribution in [0.25, 0.3) is 10.2 Å². The number of amides is 1. The van der Waals surface area contributed by atoms with Crippen LogP contribution in [0.4, 0.5) is 5.69 Å². The molecule has 0 spiro atoms. The zero-order valence-electron chi connectivity index (χ0n) is 11.0. The van der Waals surface area contributed by atoms with Crippen molar-refractivity contribution in [1.29, 1.82) is 0 Å². The minimum Gasteiger partial charge on any atom is -0.323 e. The van der Waals surface area contributed by atoms with Crippen LogP contribution in [0.1, 0.15) is 0 Å². The van der Waals surface area contributed by atoms with Crippen LogP contribution in [0.3, 0.4) is 0 Å². The van der Waals surface area contributed by atoms with E-state index in [0.717, 1.165) is 15.2 Å². The molecule has 0 unspecified atom stereocenters. The summed E-state index contributed by atoms with van der Waals surface area (Å²) < 4.78 is 0. The van der Waals surface area contributed by atoms with Crippen LogP contribution in [0.2, 0.25) is 10.0 Å². The summed E-state index contributed by atoms with van der Waals surface area (Å²) in [6.07, 6.45) is 1.50. The maximum Gasteiger partial charge on any atom is 0.234 e. The molecule has 8 heteroatoms. The first-order chi connectivity index (χ1) is 10.6. The molecule has 1 aromatic carbocycles. The Bertz CT molecular complexity index is 818. The number of halogens is 2. The summed E-state index contributed by atoms with van der Waals surface area (Å²) in [5, 5.41) is 7.24. The van der Waals surface area contributed by atoms with Gasteiger partial charge < -0.3 is 5.32 Å². The van der Waals surface area contributed by atoms with E-state index in [1.807, 2.05) is 11.4 Å². The Balaban J connectivity index is 1.69. The first-order valence-electron chi connectivity index (χ1n) is 6.20. The number of hydrogen-bond acceptors (Lipinski definition) is 5. The van der Waals surface area contributed by atoms with Gasteiger partial charge in [0.1, 0.15) is 16.2 Å². The second-order valence-corrected chi connectivity index (χ2v) is 6.92.